The number of hydrogen-bond donors (Lipinski definition) is 0. The van der Waals surface area contributed by atoms with Gasteiger partial charge < -0.3 is 14.2 Å². The molecule has 0 aromatic carbocycles. The van der Waals surface area contributed by atoms with Gasteiger partial charge in [0.05, 0.1) is 13.2 Å². The molecular weight excluding hydrogens is 274 g/mol. The van der Waals surface area contributed by atoms with Crippen LogP contribution >= 0.6 is 0 Å². The summed E-state index contributed by atoms with van der Waals surface area (Å²) in [5, 5.41) is 0. The highest BCUT2D eigenvalue weighted by molar-refractivity contribution is 5.88. The summed E-state index contributed by atoms with van der Waals surface area (Å²) in [7, 11) is 0. The molecule has 0 atom stereocenters. The number of hydrogen-bond acceptors (Lipinski definition) is 5. The standard InChI is InChI=1S/C15H29NO5/c1-8-10-19-11-9-16(12(17)20-14(2,3)4)13(18)21-15(5,6)7/h8-11H2,1-7H3. The van der Waals surface area contributed by atoms with Crippen molar-refractivity contribution in [2.24, 2.45) is 0 Å². The first kappa shape index (κ1) is 19.7. The Morgan fingerprint density at radius 2 is 1.29 bits per heavy atom. The fraction of sp³-hybridized carbons (Fsp3) is 0.867. The second kappa shape index (κ2) is 8.22. The van der Waals surface area contributed by atoms with E-state index in [1.807, 2.05) is 6.92 Å². The fourth-order valence-electron chi connectivity index (χ4n) is 1.29. The van der Waals surface area contributed by atoms with E-state index >= 15 is 0 Å². The average molecular weight is 303 g/mol. The van der Waals surface area contributed by atoms with Gasteiger partial charge in [-0.2, -0.15) is 0 Å². The van der Waals surface area contributed by atoms with Crippen molar-refractivity contribution in [2.45, 2.75) is 66.1 Å². The predicted molar refractivity (Wildman–Crippen MR) is 80.3 cm³/mol. The van der Waals surface area contributed by atoms with E-state index in [9.17, 15) is 9.59 Å². The summed E-state index contributed by atoms with van der Waals surface area (Å²) >= 11 is 0. The minimum Gasteiger partial charge on any atom is -0.443 e. The molecule has 0 saturated heterocycles. The molecule has 0 N–H and O–H groups in total. The molecule has 124 valence electrons. The number of ether oxygens (including phenoxy) is 3. The second-order valence-corrected chi connectivity index (χ2v) is 6.72. The van der Waals surface area contributed by atoms with E-state index in [4.69, 9.17) is 14.2 Å². The van der Waals surface area contributed by atoms with Gasteiger partial charge in [0.25, 0.3) is 0 Å². The molecule has 0 heterocycles. The zero-order valence-corrected chi connectivity index (χ0v) is 14.3. The van der Waals surface area contributed by atoms with Gasteiger partial charge in [-0.05, 0) is 48.0 Å². The summed E-state index contributed by atoms with van der Waals surface area (Å²) in [5.41, 5.74) is -1.36. The molecular formula is C15H29NO5. The van der Waals surface area contributed by atoms with Crippen LogP contribution in [0.3, 0.4) is 0 Å². The lowest BCUT2D eigenvalue weighted by molar-refractivity contribution is -0.00458. The summed E-state index contributed by atoms with van der Waals surface area (Å²) in [5.74, 6) is 0. The zero-order valence-electron chi connectivity index (χ0n) is 14.3. The SMILES string of the molecule is CCCOCCN(C(=O)OC(C)(C)C)C(=O)OC(C)(C)C. The number of nitrogens with zero attached hydrogens (tertiary/aromatic N) is 1. The molecule has 0 unspecified atom stereocenters. The Bertz CT molecular complexity index is 313. The minimum atomic E-state index is -0.725. The van der Waals surface area contributed by atoms with E-state index in [0.29, 0.717) is 6.61 Å². The van der Waals surface area contributed by atoms with Gasteiger partial charge in [-0.15, -0.1) is 0 Å². The highest BCUT2D eigenvalue weighted by atomic mass is 16.6. The van der Waals surface area contributed by atoms with Crippen LogP contribution in [0.1, 0.15) is 54.9 Å². The van der Waals surface area contributed by atoms with Crippen LogP contribution in [0, 0.1) is 0 Å². The molecule has 0 aliphatic rings. The van der Waals surface area contributed by atoms with E-state index in [-0.39, 0.29) is 13.2 Å². The molecule has 0 bridgehead atoms. The normalized spacial score (nSPS) is 12.0. The maximum absolute atomic E-state index is 12.1. The van der Waals surface area contributed by atoms with E-state index in [1.54, 1.807) is 41.5 Å². The van der Waals surface area contributed by atoms with Crippen molar-refractivity contribution in [1.82, 2.24) is 4.90 Å². The summed E-state index contributed by atoms with van der Waals surface area (Å²) in [6.45, 7) is 13.4. The predicted octanol–water partition coefficient (Wildman–Crippen LogP) is 3.59. The number of imide groups is 1. The topological polar surface area (TPSA) is 65.1 Å². The van der Waals surface area contributed by atoms with E-state index in [1.165, 1.54) is 0 Å². The minimum absolute atomic E-state index is 0.101. The molecule has 0 aliphatic heterocycles. The van der Waals surface area contributed by atoms with Crippen molar-refractivity contribution in [1.29, 1.82) is 0 Å². The molecule has 21 heavy (non-hydrogen) atoms. The Balaban J connectivity index is 4.75. The molecule has 0 rings (SSSR count). The lowest BCUT2D eigenvalue weighted by Gasteiger charge is -2.28. The molecule has 0 saturated carbocycles. The van der Waals surface area contributed by atoms with Gasteiger partial charge in [-0.25, -0.2) is 14.5 Å². The number of carbonyl (C=O) groups excluding carboxylic acids is 2. The van der Waals surface area contributed by atoms with E-state index in [0.717, 1.165) is 11.3 Å². The van der Waals surface area contributed by atoms with Crippen molar-refractivity contribution in [3.8, 4) is 0 Å². The second-order valence-electron chi connectivity index (χ2n) is 6.72. The maximum Gasteiger partial charge on any atom is 0.419 e. The summed E-state index contributed by atoms with van der Waals surface area (Å²) in [6.07, 6.45) is -0.576. The average Bonchev–Trinajstić information content (AvgIpc) is 2.23. The molecule has 0 aromatic heterocycles. The van der Waals surface area contributed by atoms with Crippen LogP contribution in [0.15, 0.2) is 0 Å². The monoisotopic (exact) mass is 303 g/mol. The summed E-state index contributed by atoms with van der Waals surface area (Å²) in [6, 6.07) is 0. The van der Waals surface area contributed by atoms with Crippen LogP contribution in [0.5, 0.6) is 0 Å². The molecule has 0 radical (unpaired) electrons. The smallest absolute Gasteiger partial charge is 0.419 e. The molecule has 2 amide bonds. The summed E-state index contributed by atoms with van der Waals surface area (Å²) < 4.78 is 15.8. The first-order valence-electron chi connectivity index (χ1n) is 7.27. The number of amides is 2. The van der Waals surface area contributed by atoms with Crippen molar-refractivity contribution < 1.29 is 23.8 Å². The third-order valence-electron chi connectivity index (χ3n) is 2.04. The molecule has 0 fully saturated rings. The number of rotatable bonds is 5. The third-order valence-corrected chi connectivity index (χ3v) is 2.04. The first-order chi connectivity index (χ1) is 9.46. The maximum atomic E-state index is 12.1. The van der Waals surface area contributed by atoms with Gasteiger partial charge in [0, 0.05) is 6.61 Å². The molecule has 6 nitrogen and oxygen atoms in total. The lowest BCUT2D eigenvalue weighted by atomic mass is 10.2. The van der Waals surface area contributed by atoms with Crippen LogP contribution in [-0.2, 0) is 14.2 Å². The van der Waals surface area contributed by atoms with Crippen molar-refractivity contribution in [3.05, 3.63) is 0 Å². The largest absolute Gasteiger partial charge is 0.443 e. The van der Waals surface area contributed by atoms with Gasteiger partial charge in [-0.3, -0.25) is 0 Å². The van der Waals surface area contributed by atoms with E-state index in [2.05, 4.69) is 0 Å². The Hall–Kier alpha value is -1.30. The van der Waals surface area contributed by atoms with Gasteiger partial charge in [0.15, 0.2) is 0 Å². The van der Waals surface area contributed by atoms with Crippen LogP contribution in [-0.4, -0.2) is 48.0 Å². The Kier molecular flexibility index (Phi) is 7.71. The Morgan fingerprint density at radius 3 is 1.62 bits per heavy atom. The van der Waals surface area contributed by atoms with Gasteiger partial charge >= 0.3 is 12.2 Å². The van der Waals surface area contributed by atoms with Crippen LogP contribution in [0.25, 0.3) is 0 Å². The fourth-order valence-corrected chi connectivity index (χ4v) is 1.29. The number of carbonyl (C=O) groups is 2. The summed E-state index contributed by atoms with van der Waals surface area (Å²) in [4.78, 5) is 25.1. The van der Waals surface area contributed by atoms with Crippen LogP contribution in [0.2, 0.25) is 0 Å². The quantitative estimate of drug-likeness (QED) is 0.726. The van der Waals surface area contributed by atoms with Crippen molar-refractivity contribution in [2.75, 3.05) is 19.8 Å². The highest BCUT2D eigenvalue weighted by Crippen LogP contribution is 2.14. The Labute approximate surface area is 127 Å². The van der Waals surface area contributed by atoms with Gasteiger partial charge in [0.1, 0.15) is 11.2 Å². The molecule has 0 aliphatic carbocycles. The van der Waals surface area contributed by atoms with Crippen molar-refractivity contribution >= 4 is 12.2 Å². The molecule has 0 spiro atoms. The first-order valence-corrected chi connectivity index (χ1v) is 7.27. The third kappa shape index (κ3) is 10.1. The van der Waals surface area contributed by atoms with Crippen LogP contribution < -0.4 is 0 Å². The lowest BCUT2D eigenvalue weighted by Crippen LogP contribution is -2.45. The molecule has 6 heteroatoms. The highest BCUT2D eigenvalue weighted by Gasteiger charge is 2.30. The van der Waals surface area contributed by atoms with Gasteiger partial charge in [-0.1, -0.05) is 6.92 Å². The van der Waals surface area contributed by atoms with Crippen LogP contribution in [0.4, 0.5) is 9.59 Å². The van der Waals surface area contributed by atoms with Crippen molar-refractivity contribution in [3.63, 3.8) is 0 Å². The van der Waals surface area contributed by atoms with Gasteiger partial charge in [0.2, 0.25) is 0 Å². The molecule has 0 aromatic rings. The Morgan fingerprint density at radius 1 is 0.857 bits per heavy atom. The van der Waals surface area contributed by atoms with E-state index < -0.39 is 23.4 Å². The zero-order chi connectivity index (χ0) is 16.7.